The van der Waals surface area contributed by atoms with Crippen LogP contribution in [0.2, 0.25) is 0 Å². The van der Waals surface area contributed by atoms with E-state index in [2.05, 4.69) is 10.3 Å². The summed E-state index contributed by atoms with van der Waals surface area (Å²) in [7, 11) is 0. The summed E-state index contributed by atoms with van der Waals surface area (Å²) in [5, 5.41) is 3.07. The molecule has 3 rings (SSSR count). The summed E-state index contributed by atoms with van der Waals surface area (Å²) < 4.78 is 5.70. The van der Waals surface area contributed by atoms with Crippen LogP contribution >= 0.6 is 0 Å². The Morgan fingerprint density at radius 1 is 1.32 bits per heavy atom. The third-order valence-electron chi connectivity index (χ3n) is 4.35. The highest BCUT2D eigenvalue weighted by molar-refractivity contribution is 5.93. The number of aromatic nitrogens is 1. The minimum atomic E-state index is -0.288. The van der Waals surface area contributed by atoms with Gasteiger partial charge in [0, 0.05) is 12.1 Å². The van der Waals surface area contributed by atoms with Crippen LogP contribution in [0.15, 0.2) is 34.7 Å². The van der Waals surface area contributed by atoms with Gasteiger partial charge in [-0.15, -0.1) is 0 Å². The first-order chi connectivity index (χ1) is 10.6. The average Bonchev–Trinajstić information content (AvgIpc) is 3.15. The van der Waals surface area contributed by atoms with E-state index >= 15 is 0 Å². The van der Waals surface area contributed by atoms with Crippen molar-refractivity contribution in [2.45, 2.75) is 38.1 Å². The van der Waals surface area contributed by atoms with E-state index in [0.717, 1.165) is 31.2 Å². The molecular formula is C17H21N3O2. The molecule has 0 bridgehead atoms. The lowest BCUT2D eigenvalue weighted by atomic mass is 9.97. The maximum atomic E-state index is 12.5. The quantitative estimate of drug-likeness (QED) is 0.909. The molecule has 1 fully saturated rings. The molecular weight excluding hydrogens is 278 g/mol. The van der Waals surface area contributed by atoms with Crippen LogP contribution in [0.5, 0.6) is 0 Å². The number of rotatable bonds is 4. The standard InChI is InChI=1S/C17H21N3O2/c1-12-14(15(21)20-17(11-18)9-5-6-10-17)22-16(19-12)13-7-3-2-4-8-13/h2-4,7-8H,5-6,9-11,18H2,1H3,(H,20,21). The molecule has 1 heterocycles. The van der Waals surface area contributed by atoms with Crippen LogP contribution in [0.1, 0.15) is 41.9 Å². The molecule has 1 aliphatic rings. The summed E-state index contributed by atoms with van der Waals surface area (Å²) in [6.07, 6.45) is 4.05. The Morgan fingerprint density at radius 3 is 2.64 bits per heavy atom. The number of hydrogen-bond acceptors (Lipinski definition) is 4. The molecule has 1 aromatic carbocycles. The average molecular weight is 299 g/mol. The van der Waals surface area contributed by atoms with Crippen LogP contribution in [0.4, 0.5) is 0 Å². The molecule has 0 saturated heterocycles. The van der Waals surface area contributed by atoms with Gasteiger partial charge in [-0.1, -0.05) is 31.0 Å². The van der Waals surface area contributed by atoms with Crippen LogP contribution in [0.25, 0.3) is 11.5 Å². The Labute approximate surface area is 129 Å². The molecule has 1 amide bonds. The molecule has 5 nitrogen and oxygen atoms in total. The number of aryl methyl sites for hydroxylation is 1. The van der Waals surface area contributed by atoms with Gasteiger partial charge in [0.2, 0.25) is 11.7 Å². The third-order valence-corrected chi connectivity index (χ3v) is 4.35. The van der Waals surface area contributed by atoms with Crippen molar-refractivity contribution in [2.75, 3.05) is 6.54 Å². The Kier molecular flexibility index (Phi) is 3.98. The van der Waals surface area contributed by atoms with E-state index in [1.807, 2.05) is 30.3 Å². The van der Waals surface area contributed by atoms with Crippen molar-refractivity contribution in [2.24, 2.45) is 5.73 Å². The molecule has 22 heavy (non-hydrogen) atoms. The third kappa shape index (κ3) is 2.76. The second kappa shape index (κ2) is 5.93. The maximum absolute atomic E-state index is 12.5. The summed E-state index contributed by atoms with van der Waals surface area (Å²) in [6.45, 7) is 2.24. The number of benzene rings is 1. The number of amides is 1. The van der Waals surface area contributed by atoms with Crippen LogP contribution in [0, 0.1) is 6.92 Å². The molecule has 1 saturated carbocycles. The smallest absolute Gasteiger partial charge is 0.289 e. The van der Waals surface area contributed by atoms with Gasteiger partial charge in [0.25, 0.3) is 5.91 Å². The number of hydrogen-bond donors (Lipinski definition) is 2. The molecule has 0 spiro atoms. The fraction of sp³-hybridized carbons (Fsp3) is 0.412. The van der Waals surface area contributed by atoms with E-state index in [9.17, 15) is 4.79 Å². The van der Waals surface area contributed by atoms with Gasteiger partial charge < -0.3 is 15.5 Å². The molecule has 5 heteroatoms. The largest absolute Gasteiger partial charge is 0.431 e. The zero-order chi connectivity index (χ0) is 15.6. The van der Waals surface area contributed by atoms with Crippen molar-refractivity contribution in [3.8, 4) is 11.5 Å². The van der Waals surface area contributed by atoms with Crippen molar-refractivity contribution in [1.29, 1.82) is 0 Å². The van der Waals surface area contributed by atoms with Gasteiger partial charge in [-0.2, -0.15) is 0 Å². The maximum Gasteiger partial charge on any atom is 0.289 e. The van der Waals surface area contributed by atoms with Gasteiger partial charge in [0.15, 0.2) is 0 Å². The van der Waals surface area contributed by atoms with Crippen molar-refractivity contribution < 1.29 is 9.21 Å². The second-order valence-corrected chi connectivity index (χ2v) is 5.95. The molecule has 116 valence electrons. The van der Waals surface area contributed by atoms with Crippen LogP contribution in [-0.4, -0.2) is 23.0 Å². The number of nitrogens with zero attached hydrogens (tertiary/aromatic N) is 1. The Hall–Kier alpha value is -2.14. The van der Waals surface area contributed by atoms with Crippen molar-refractivity contribution in [3.05, 3.63) is 41.8 Å². The topological polar surface area (TPSA) is 81.2 Å². The van der Waals surface area contributed by atoms with E-state index < -0.39 is 0 Å². The van der Waals surface area contributed by atoms with Crippen LogP contribution in [0.3, 0.4) is 0 Å². The van der Waals surface area contributed by atoms with E-state index in [1.54, 1.807) is 6.92 Å². The lowest BCUT2D eigenvalue weighted by Crippen LogP contribution is -2.51. The minimum absolute atomic E-state index is 0.223. The Morgan fingerprint density at radius 2 is 2.00 bits per heavy atom. The van der Waals surface area contributed by atoms with E-state index in [0.29, 0.717) is 18.1 Å². The predicted octanol–water partition coefficient (Wildman–Crippen LogP) is 2.65. The van der Waals surface area contributed by atoms with Crippen molar-refractivity contribution in [3.63, 3.8) is 0 Å². The summed E-state index contributed by atoms with van der Waals surface area (Å²) in [5.74, 6) is 0.523. The molecule has 0 radical (unpaired) electrons. The first-order valence-corrected chi connectivity index (χ1v) is 7.69. The molecule has 1 aliphatic carbocycles. The SMILES string of the molecule is Cc1nc(-c2ccccc2)oc1C(=O)NC1(CN)CCCC1. The first kappa shape index (κ1) is 14.8. The monoisotopic (exact) mass is 299 g/mol. The van der Waals surface area contributed by atoms with Gasteiger partial charge in [0.05, 0.1) is 11.2 Å². The second-order valence-electron chi connectivity index (χ2n) is 5.95. The van der Waals surface area contributed by atoms with E-state index in [-0.39, 0.29) is 17.2 Å². The lowest BCUT2D eigenvalue weighted by Gasteiger charge is -2.28. The predicted molar refractivity (Wildman–Crippen MR) is 84.4 cm³/mol. The highest BCUT2D eigenvalue weighted by atomic mass is 16.4. The molecule has 1 aromatic heterocycles. The summed E-state index contributed by atoms with van der Waals surface area (Å²) in [5.41, 5.74) is 7.04. The summed E-state index contributed by atoms with van der Waals surface area (Å²) in [4.78, 5) is 16.9. The van der Waals surface area contributed by atoms with Crippen molar-refractivity contribution >= 4 is 5.91 Å². The number of nitrogens with one attached hydrogen (secondary N) is 1. The Bertz CT molecular complexity index is 658. The normalized spacial score (nSPS) is 16.6. The van der Waals surface area contributed by atoms with Gasteiger partial charge in [0.1, 0.15) is 0 Å². The highest BCUT2D eigenvalue weighted by Gasteiger charge is 2.35. The molecule has 3 N–H and O–H groups in total. The van der Waals surface area contributed by atoms with E-state index in [4.69, 9.17) is 10.2 Å². The minimum Gasteiger partial charge on any atom is -0.431 e. The molecule has 0 atom stereocenters. The molecule has 0 aliphatic heterocycles. The van der Waals surface area contributed by atoms with Gasteiger partial charge in [-0.05, 0) is 31.9 Å². The molecule has 0 unspecified atom stereocenters. The molecule has 2 aromatic rings. The number of carbonyl (C=O) groups excluding carboxylic acids is 1. The lowest BCUT2D eigenvalue weighted by molar-refractivity contribution is 0.0874. The summed E-state index contributed by atoms with van der Waals surface area (Å²) >= 11 is 0. The number of nitrogens with two attached hydrogens (primary N) is 1. The fourth-order valence-electron chi connectivity index (χ4n) is 3.04. The van der Waals surface area contributed by atoms with E-state index in [1.165, 1.54) is 0 Å². The van der Waals surface area contributed by atoms with Crippen molar-refractivity contribution in [1.82, 2.24) is 10.3 Å². The van der Waals surface area contributed by atoms with Gasteiger partial charge >= 0.3 is 0 Å². The van der Waals surface area contributed by atoms with Crippen LogP contribution in [-0.2, 0) is 0 Å². The first-order valence-electron chi connectivity index (χ1n) is 7.69. The number of oxazole rings is 1. The zero-order valence-electron chi connectivity index (χ0n) is 12.8. The highest BCUT2D eigenvalue weighted by Crippen LogP contribution is 2.29. The van der Waals surface area contributed by atoms with Gasteiger partial charge in [-0.25, -0.2) is 4.98 Å². The van der Waals surface area contributed by atoms with Crippen LogP contribution < -0.4 is 11.1 Å². The van der Waals surface area contributed by atoms with Gasteiger partial charge in [-0.3, -0.25) is 4.79 Å². The number of carbonyl (C=O) groups is 1. The fourth-order valence-corrected chi connectivity index (χ4v) is 3.04. The Balaban J connectivity index is 1.83. The zero-order valence-corrected chi connectivity index (χ0v) is 12.8. The summed E-state index contributed by atoms with van der Waals surface area (Å²) in [6, 6.07) is 9.57.